The fraction of sp³-hybridized carbons (Fsp3) is 0.857. The Hall–Kier alpha value is -0.800. The Morgan fingerprint density at radius 2 is 2.00 bits per heavy atom. The molecule has 0 N–H and O–H groups in total. The third-order valence-electron chi connectivity index (χ3n) is 1.27. The molecule has 0 aromatic heterocycles. The van der Waals surface area contributed by atoms with Gasteiger partial charge in [-0.15, -0.1) is 0 Å². The highest BCUT2D eigenvalue weighted by Gasteiger charge is 2.39. The lowest BCUT2D eigenvalue weighted by Crippen LogP contribution is -2.26. The Morgan fingerprint density at radius 1 is 1.38 bits per heavy atom. The van der Waals surface area contributed by atoms with E-state index in [4.69, 9.17) is 5.26 Å². The molecule has 0 aliphatic heterocycles. The third kappa shape index (κ3) is 5.44. The molecule has 0 aromatic carbocycles. The van der Waals surface area contributed by atoms with Gasteiger partial charge in [-0.3, -0.25) is 0 Å². The average Bonchev–Trinajstić information content (AvgIpc) is 2.02. The Kier molecular flexibility index (Phi) is 5.42. The van der Waals surface area contributed by atoms with Crippen LogP contribution in [0.4, 0.5) is 13.2 Å². The highest BCUT2D eigenvalue weighted by atomic mass is 19.4. The molecular formula is C7H10F3NO2. The number of hydrogen-bond donors (Lipinski definition) is 0. The molecule has 1 unspecified atom stereocenters. The zero-order chi connectivity index (χ0) is 10.3. The Bertz CT molecular complexity index is 176. The predicted octanol–water partition coefficient (Wildman–Crippen LogP) is 1.35. The Balaban J connectivity index is 3.69. The van der Waals surface area contributed by atoms with Crippen LogP contribution in [0.5, 0.6) is 0 Å². The molecule has 0 spiro atoms. The number of ether oxygens (including phenoxy) is 2. The zero-order valence-electron chi connectivity index (χ0n) is 7.10. The van der Waals surface area contributed by atoms with Gasteiger partial charge in [-0.1, -0.05) is 0 Å². The lowest BCUT2D eigenvalue weighted by Gasteiger charge is -2.12. The van der Waals surface area contributed by atoms with E-state index in [0.717, 1.165) is 6.07 Å². The van der Waals surface area contributed by atoms with Crippen LogP contribution in [0.2, 0.25) is 0 Å². The smallest absolute Gasteiger partial charge is 0.382 e. The minimum Gasteiger partial charge on any atom is -0.382 e. The molecule has 0 heterocycles. The summed E-state index contributed by atoms with van der Waals surface area (Å²) >= 11 is 0. The van der Waals surface area contributed by atoms with Crippen molar-refractivity contribution in [2.45, 2.75) is 6.18 Å². The van der Waals surface area contributed by atoms with Gasteiger partial charge >= 0.3 is 6.18 Å². The van der Waals surface area contributed by atoms with Crippen LogP contribution in [-0.4, -0.2) is 33.1 Å². The molecule has 1 atom stereocenters. The van der Waals surface area contributed by atoms with Crippen LogP contribution in [-0.2, 0) is 9.47 Å². The van der Waals surface area contributed by atoms with Crippen molar-refractivity contribution >= 4 is 0 Å². The molecular weight excluding hydrogens is 187 g/mol. The molecule has 0 aromatic rings. The quantitative estimate of drug-likeness (QED) is 0.625. The standard InChI is InChI=1S/C7H10F3NO2/c1-12-2-3-13-5-6(4-11)7(8,9)10/h6H,2-3,5H2,1H3. The van der Waals surface area contributed by atoms with Gasteiger partial charge in [-0.2, -0.15) is 18.4 Å². The summed E-state index contributed by atoms with van der Waals surface area (Å²) < 4.78 is 44.8. The van der Waals surface area contributed by atoms with E-state index in [-0.39, 0.29) is 13.2 Å². The summed E-state index contributed by atoms with van der Waals surface area (Å²) in [6.45, 7) is -0.357. The summed E-state index contributed by atoms with van der Waals surface area (Å²) in [6.07, 6.45) is -4.51. The van der Waals surface area contributed by atoms with Crippen LogP contribution >= 0.6 is 0 Å². The second-order valence-corrected chi connectivity index (χ2v) is 2.29. The second-order valence-electron chi connectivity index (χ2n) is 2.29. The second kappa shape index (κ2) is 5.78. The number of methoxy groups -OCH3 is 1. The molecule has 0 amide bonds. The Morgan fingerprint density at radius 3 is 2.38 bits per heavy atom. The van der Waals surface area contributed by atoms with E-state index >= 15 is 0 Å². The average molecular weight is 197 g/mol. The van der Waals surface area contributed by atoms with Crippen molar-refractivity contribution in [3.05, 3.63) is 0 Å². The predicted molar refractivity (Wildman–Crippen MR) is 37.9 cm³/mol. The van der Waals surface area contributed by atoms with Crippen LogP contribution < -0.4 is 0 Å². The summed E-state index contributed by atoms with van der Waals surface area (Å²) in [5.74, 6) is -2.05. The number of alkyl halides is 3. The van der Waals surface area contributed by atoms with Crippen molar-refractivity contribution in [3.8, 4) is 6.07 Å². The first-order valence-electron chi connectivity index (χ1n) is 3.55. The molecule has 0 aliphatic rings. The summed E-state index contributed by atoms with van der Waals surface area (Å²) in [5, 5.41) is 8.14. The van der Waals surface area contributed by atoms with Gasteiger partial charge in [0.1, 0.15) is 0 Å². The van der Waals surface area contributed by atoms with E-state index in [1.54, 1.807) is 0 Å². The molecule has 0 saturated heterocycles. The van der Waals surface area contributed by atoms with Crippen LogP contribution in [0.1, 0.15) is 0 Å². The number of halogens is 3. The van der Waals surface area contributed by atoms with Gasteiger partial charge in [0.05, 0.1) is 25.9 Å². The first-order valence-corrected chi connectivity index (χ1v) is 3.55. The topological polar surface area (TPSA) is 42.2 Å². The van der Waals surface area contributed by atoms with Crippen LogP contribution in [0.3, 0.4) is 0 Å². The van der Waals surface area contributed by atoms with Gasteiger partial charge < -0.3 is 9.47 Å². The molecule has 0 radical (unpaired) electrons. The van der Waals surface area contributed by atoms with E-state index in [1.807, 2.05) is 0 Å². The minimum atomic E-state index is -4.51. The van der Waals surface area contributed by atoms with E-state index < -0.39 is 18.7 Å². The maximum Gasteiger partial charge on any atom is 0.406 e. The van der Waals surface area contributed by atoms with Crippen molar-refractivity contribution in [2.24, 2.45) is 5.92 Å². The summed E-state index contributed by atoms with van der Waals surface area (Å²) in [4.78, 5) is 0. The van der Waals surface area contributed by atoms with Crippen LogP contribution in [0.25, 0.3) is 0 Å². The normalized spacial score (nSPS) is 13.8. The molecule has 6 heteroatoms. The van der Waals surface area contributed by atoms with Crippen molar-refractivity contribution < 1.29 is 22.6 Å². The molecule has 13 heavy (non-hydrogen) atoms. The first-order chi connectivity index (χ1) is 6.02. The van der Waals surface area contributed by atoms with Crippen LogP contribution in [0, 0.1) is 17.2 Å². The van der Waals surface area contributed by atoms with Gasteiger partial charge in [0.25, 0.3) is 0 Å². The van der Waals surface area contributed by atoms with Gasteiger partial charge in [0, 0.05) is 7.11 Å². The first kappa shape index (κ1) is 12.2. The van der Waals surface area contributed by atoms with Gasteiger partial charge in [-0.05, 0) is 0 Å². The number of nitriles is 1. The fourth-order valence-corrected chi connectivity index (χ4v) is 0.548. The molecule has 0 rings (SSSR count). The number of nitrogens with zero attached hydrogens (tertiary/aromatic N) is 1. The fourth-order valence-electron chi connectivity index (χ4n) is 0.548. The van der Waals surface area contributed by atoms with Crippen molar-refractivity contribution in [3.63, 3.8) is 0 Å². The SMILES string of the molecule is COCCOCC(C#N)C(F)(F)F. The van der Waals surface area contributed by atoms with Crippen molar-refractivity contribution in [1.82, 2.24) is 0 Å². The number of rotatable bonds is 5. The van der Waals surface area contributed by atoms with Gasteiger partial charge in [-0.25, -0.2) is 0 Å². The van der Waals surface area contributed by atoms with Crippen LogP contribution in [0.15, 0.2) is 0 Å². The van der Waals surface area contributed by atoms with E-state index in [0.29, 0.717) is 0 Å². The summed E-state index contributed by atoms with van der Waals surface area (Å²) in [7, 11) is 1.41. The summed E-state index contributed by atoms with van der Waals surface area (Å²) in [6, 6.07) is 1.13. The highest BCUT2D eigenvalue weighted by Crippen LogP contribution is 2.25. The lowest BCUT2D eigenvalue weighted by atomic mass is 10.2. The summed E-state index contributed by atoms with van der Waals surface area (Å²) in [5.41, 5.74) is 0. The maximum atomic E-state index is 11.9. The zero-order valence-corrected chi connectivity index (χ0v) is 7.10. The third-order valence-corrected chi connectivity index (χ3v) is 1.27. The van der Waals surface area contributed by atoms with Gasteiger partial charge in [0.2, 0.25) is 0 Å². The van der Waals surface area contributed by atoms with Crippen molar-refractivity contribution in [2.75, 3.05) is 26.9 Å². The monoisotopic (exact) mass is 197 g/mol. The Labute approximate surface area is 74.0 Å². The number of hydrogen-bond acceptors (Lipinski definition) is 3. The molecule has 0 saturated carbocycles. The maximum absolute atomic E-state index is 11.9. The molecule has 0 fully saturated rings. The minimum absolute atomic E-state index is 0.0603. The van der Waals surface area contributed by atoms with Crippen molar-refractivity contribution in [1.29, 1.82) is 5.26 Å². The molecule has 3 nitrogen and oxygen atoms in total. The molecule has 0 bridgehead atoms. The largest absolute Gasteiger partial charge is 0.406 e. The van der Waals surface area contributed by atoms with Gasteiger partial charge in [0.15, 0.2) is 5.92 Å². The lowest BCUT2D eigenvalue weighted by molar-refractivity contribution is -0.172. The van der Waals surface area contributed by atoms with E-state index in [9.17, 15) is 13.2 Å². The molecule has 76 valence electrons. The van der Waals surface area contributed by atoms with E-state index in [2.05, 4.69) is 9.47 Å². The highest BCUT2D eigenvalue weighted by molar-refractivity contribution is 4.88. The van der Waals surface area contributed by atoms with E-state index in [1.165, 1.54) is 7.11 Å². The molecule has 0 aliphatic carbocycles.